The Balaban J connectivity index is 1.29. The standard InChI is InChI=1S/C44H35N3OS/c1-3-10-33-37-25-40-36(26-42(37)48-41(33)4-2)34-23-24-39-43(44(34)47(40)29-11-6-5-7-12-29)35-13-8-9-14-38(35)46(39)30-17-21-32(22-18-30)49-31-19-15-28(27-45)16-20-31/h3,5-15,17-19,21-26,28,31H,4,16,20H2,1-2H3/b10-3-. The Hall–Kier alpha value is -5.44. The lowest BCUT2D eigenvalue weighted by Gasteiger charge is -2.18. The molecule has 49 heavy (non-hydrogen) atoms. The highest BCUT2D eigenvalue weighted by Gasteiger charge is 2.23. The lowest BCUT2D eigenvalue weighted by atomic mass is 9.97. The van der Waals surface area contributed by atoms with Gasteiger partial charge < -0.3 is 13.6 Å². The highest BCUT2D eigenvalue weighted by molar-refractivity contribution is 8.00. The summed E-state index contributed by atoms with van der Waals surface area (Å²) < 4.78 is 11.3. The van der Waals surface area contributed by atoms with E-state index in [1.807, 2.05) is 11.8 Å². The number of para-hydroxylation sites is 2. The van der Waals surface area contributed by atoms with Gasteiger partial charge in [0.15, 0.2) is 0 Å². The fourth-order valence-electron chi connectivity index (χ4n) is 7.80. The summed E-state index contributed by atoms with van der Waals surface area (Å²) in [6, 6.07) is 40.1. The molecule has 0 saturated carbocycles. The molecular weight excluding hydrogens is 619 g/mol. The van der Waals surface area contributed by atoms with Crippen molar-refractivity contribution in [2.24, 2.45) is 5.92 Å². The number of nitrogens with zero attached hydrogens (tertiary/aromatic N) is 3. The third-order valence-electron chi connectivity index (χ3n) is 10.0. The van der Waals surface area contributed by atoms with Crippen molar-refractivity contribution in [2.75, 3.05) is 0 Å². The van der Waals surface area contributed by atoms with Gasteiger partial charge in [-0.25, -0.2) is 0 Å². The molecule has 0 radical (unpaired) electrons. The average Bonchev–Trinajstić information content (AvgIpc) is 3.79. The molecule has 9 rings (SSSR count). The van der Waals surface area contributed by atoms with Crippen LogP contribution < -0.4 is 0 Å². The van der Waals surface area contributed by atoms with E-state index in [0.717, 1.165) is 47.4 Å². The number of fused-ring (bicyclic) bond motifs is 8. The molecule has 0 saturated heterocycles. The monoisotopic (exact) mass is 653 g/mol. The second-order valence-corrected chi connectivity index (χ2v) is 14.2. The zero-order valence-electron chi connectivity index (χ0n) is 27.6. The van der Waals surface area contributed by atoms with Crippen LogP contribution in [0.5, 0.6) is 0 Å². The number of aryl methyl sites for hydroxylation is 1. The molecule has 238 valence electrons. The molecule has 5 aromatic carbocycles. The van der Waals surface area contributed by atoms with Crippen molar-refractivity contribution in [3.05, 3.63) is 133 Å². The molecule has 3 heterocycles. The molecule has 2 unspecified atom stereocenters. The van der Waals surface area contributed by atoms with E-state index in [1.54, 1.807) is 0 Å². The molecule has 2 atom stereocenters. The Kier molecular flexibility index (Phi) is 7.21. The Morgan fingerprint density at radius 1 is 0.776 bits per heavy atom. The average molecular weight is 654 g/mol. The maximum Gasteiger partial charge on any atom is 0.135 e. The summed E-state index contributed by atoms with van der Waals surface area (Å²) in [6.45, 7) is 4.22. The molecule has 0 bridgehead atoms. The Labute approximate surface area is 289 Å². The van der Waals surface area contributed by atoms with Gasteiger partial charge in [0, 0.05) is 60.4 Å². The number of nitriles is 1. The zero-order chi connectivity index (χ0) is 33.1. The molecule has 0 fully saturated rings. The van der Waals surface area contributed by atoms with Gasteiger partial charge in [-0.15, -0.1) is 11.8 Å². The first-order valence-corrected chi connectivity index (χ1v) is 18.0. The van der Waals surface area contributed by atoms with E-state index in [-0.39, 0.29) is 5.92 Å². The summed E-state index contributed by atoms with van der Waals surface area (Å²) >= 11 is 1.88. The van der Waals surface area contributed by atoms with Crippen LogP contribution in [0.25, 0.3) is 72.0 Å². The van der Waals surface area contributed by atoms with Gasteiger partial charge >= 0.3 is 0 Å². The highest BCUT2D eigenvalue weighted by atomic mass is 32.2. The predicted molar refractivity (Wildman–Crippen MR) is 206 cm³/mol. The van der Waals surface area contributed by atoms with Crippen molar-refractivity contribution in [1.82, 2.24) is 9.13 Å². The minimum Gasteiger partial charge on any atom is -0.460 e. The molecule has 0 spiro atoms. The number of hydrogen-bond acceptors (Lipinski definition) is 3. The van der Waals surface area contributed by atoms with Crippen molar-refractivity contribution >= 4 is 72.4 Å². The van der Waals surface area contributed by atoms with Gasteiger partial charge in [0.05, 0.1) is 34.1 Å². The summed E-state index contributed by atoms with van der Waals surface area (Å²) in [5, 5.41) is 15.7. The van der Waals surface area contributed by atoms with Crippen LogP contribution in [-0.4, -0.2) is 14.4 Å². The summed E-state index contributed by atoms with van der Waals surface area (Å²) in [4.78, 5) is 1.24. The number of thioether (sulfide) groups is 1. The van der Waals surface area contributed by atoms with E-state index < -0.39 is 0 Å². The molecule has 4 nitrogen and oxygen atoms in total. The first kappa shape index (κ1) is 29.7. The lowest BCUT2D eigenvalue weighted by Crippen LogP contribution is -2.08. The summed E-state index contributed by atoms with van der Waals surface area (Å²) in [6.07, 6.45) is 11.4. The van der Waals surface area contributed by atoms with Gasteiger partial charge in [-0.3, -0.25) is 0 Å². The van der Waals surface area contributed by atoms with Crippen LogP contribution in [0.15, 0.2) is 131 Å². The molecule has 0 N–H and O–H groups in total. The van der Waals surface area contributed by atoms with Crippen LogP contribution in [0, 0.1) is 17.2 Å². The lowest BCUT2D eigenvalue weighted by molar-refractivity contribution is 0.556. The summed E-state index contributed by atoms with van der Waals surface area (Å²) in [5.74, 6) is 1.08. The minimum absolute atomic E-state index is 0.0530. The third-order valence-corrected chi connectivity index (χ3v) is 11.3. The number of rotatable bonds is 6. The van der Waals surface area contributed by atoms with Gasteiger partial charge in [0.2, 0.25) is 0 Å². The van der Waals surface area contributed by atoms with E-state index in [2.05, 4.69) is 156 Å². The fraction of sp³-hybridized carbons (Fsp3) is 0.159. The Morgan fingerprint density at radius 3 is 2.33 bits per heavy atom. The van der Waals surface area contributed by atoms with E-state index >= 15 is 0 Å². The second-order valence-electron chi connectivity index (χ2n) is 12.9. The van der Waals surface area contributed by atoms with Crippen LogP contribution in [0.2, 0.25) is 0 Å². The number of aromatic nitrogens is 2. The molecule has 5 heteroatoms. The maximum absolute atomic E-state index is 9.27. The van der Waals surface area contributed by atoms with Crippen molar-refractivity contribution in [3.63, 3.8) is 0 Å². The Bertz CT molecular complexity index is 2650. The van der Waals surface area contributed by atoms with Gasteiger partial charge in [-0.05, 0) is 80.4 Å². The van der Waals surface area contributed by atoms with E-state index in [1.165, 1.54) is 54.1 Å². The molecule has 3 aromatic heterocycles. The first-order valence-electron chi connectivity index (χ1n) is 17.2. The SMILES string of the molecule is C/C=C\c1c(CC)oc2cc3c4ccc5c(c6ccccc6n5-c5ccc(SC6C=CC(C#N)CC6)cc5)c4n(-c4ccccc4)c3cc12. The van der Waals surface area contributed by atoms with Crippen LogP contribution in [-0.2, 0) is 6.42 Å². The normalized spacial score (nSPS) is 16.6. The Morgan fingerprint density at radius 2 is 1.57 bits per heavy atom. The minimum atomic E-state index is 0.0530. The van der Waals surface area contributed by atoms with Crippen molar-refractivity contribution in [3.8, 4) is 17.4 Å². The van der Waals surface area contributed by atoms with Crippen LogP contribution in [0.1, 0.15) is 38.0 Å². The van der Waals surface area contributed by atoms with E-state index in [9.17, 15) is 5.26 Å². The van der Waals surface area contributed by atoms with Crippen molar-refractivity contribution in [1.29, 1.82) is 5.26 Å². The second kappa shape index (κ2) is 11.9. The van der Waals surface area contributed by atoms with E-state index in [0.29, 0.717) is 5.25 Å². The number of allylic oxidation sites excluding steroid dienone is 2. The van der Waals surface area contributed by atoms with Crippen molar-refractivity contribution in [2.45, 2.75) is 43.3 Å². The molecule has 8 aromatic rings. The van der Waals surface area contributed by atoms with Crippen LogP contribution in [0.4, 0.5) is 0 Å². The molecule has 1 aliphatic carbocycles. The van der Waals surface area contributed by atoms with E-state index in [4.69, 9.17) is 4.42 Å². The van der Waals surface area contributed by atoms with Crippen LogP contribution in [0.3, 0.4) is 0 Å². The zero-order valence-corrected chi connectivity index (χ0v) is 28.4. The molecule has 1 aliphatic rings. The first-order chi connectivity index (χ1) is 24.2. The highest BCUT2D eigenvalue weighted by Crippen LogP contribution is 2.44. The number of benzene rings is 5. The quantitative estimate of drug-likeness (QED) is 0.168. The molecule has 0 amide bonds. The molecule has 0 aliphatic heterocycles. The van der Waals surface area contributed by atoms with Gasteiger partial charge in [0.1, 0.15) is 11.3 Å². The van der Waals surface area contributed by atoms with Gasteiger partial charge in [0.25, 0.3) is 0 Å². The smallest absolute Gasteiger partial charge is 0.135 e. The summed E-state index contributed by atoms with van der Waals surface area (Å²) in [7, 11) is 0. The number of hydrogen-bond donors (Lipinski definition) is 0. The summed E-state index contributed by atoms with van der Waals surface area (Å²) in [5.41, 5.74) is 9.12. The van der Waals surface area contributed by atoms with Gasteiger partial charge in [-0.2, -0.15) is 5.26 Å². The topological polar surface area (TPSA) is 46.8 Å². The third kappa shape index (κ3) is 4.74. The fourth-order valence-corrected chi connectivity index (χ4v) is 8.86. The maximum atomic E-state index is 9.27. The van der Waals surface area contributed by atoms with Crippen molar-refractivity contribution < 1.29 is 4.42 Å². The predicted octanol–water partition coefficient (Wildman–Crippen LogP) is 12.2. The molecular formula is C44H35N3OS. The van der Waals surface area contributed by atoms with Crippen LogP contribution >= 0.6 is 11.8 Å². The number of furan rings is 1. The largest absolute Gasteiger partial charge is 0.460 e. The van der Waals surface area contributed by atoms with Gasteiger partial charge in [-0.1, -0.05) is 73.7 Å².